The predicted octanol–water partition coefficient (Wildman–Crippen LogP) is 2.50. The molecule has 0 unspecified atom stereocenters. The van der Waals surface area contributed by atoms with E-state index in [1.165, 1.54) is 0 Å². The minimum absolute atomic E-state index is 0. The monoisotopic (exact) mass is 177 g/mol. The third kappa shape index (κ3) is 1.54. The van der Waals surface area contributed by atoms with Gasteiger partial charge in [-0.1, -0.05) is 13.5 Å². The van der Waals surface area contributed by atoms with E-state index in [9.17, 15) is 4.79 Å². The van der Waals surface area contributed by atoms with Crippen molar-refractivity contribution in [3.8, 4) is 0 Å². The van der Waals surface area contributed by atoms with Gasteiger partial charge in [0.25, 0.3) is 0 Å². The molecule has 0 saturated carbocycles. The fraction of sp³-hybridized carbons (Fsp3) is 0.100. The predicted molar refractivity (Wildman–Crippen MR) is 52.0 cm³/mol. The SMILES string of the molecule is C.O=C(O)c1ccc2cc[nH]c2c1. The first kappa shape index (κ1) is 9.32. The van der Waals surface area contributed by atoms with Crippen molar-refractivity contribution < 1.29 is 9.90 Å². The first-order chi connectivity index (χ1) is 5.77. The number of hydrogen-bond donors (Lipinski definition) is 2. The van der Waals surface area contributed by atoms with Crippen molar-refractivity contribution in [2.75, 3.05) is 0 Å². The highest BCUT2D eigenvalue weighted by atomic mass is 16.4. The molecule has 0 saturated heterocycles. The fourth-order valence-electron chi connectivity index (χ4n) is 1.18. The number of aromatic amines is 1. The molecule has 0 aliphatic carbocycles. The summed E-state index contributed by atoms with van der Waals surface area (Å²) >= 11 is 0. The van der Waals surface area contributed by atoms with E-state index in [1.54, 1.807) is 24.4 Å². The van der Waals surface area contributed by atoms with Crippen molar-refractivity contribution in [2.45, 2.75) is 7.43 Å². The van der Waals surface area contributed by atoms with Crippen LogP contribution < -0.4 is 0 Å². The number of fused-ring (bicyclic) bond motifs is 1. The molecular weight excluding hydrogens is 166 g/mol. The van der Waals surface area contributed by atoms with Crippen molar-refractivity contribution >= 4 is 16.9 Å². The normalized spacial score (nSPS) is 9.54. The van der Waals surface area contributed by atoms with E-state index >= 15 is 0 Å². The quantitative estimate of drug-likeness (QED) is 0.703. The van der Waals surface area contributed by atoms with E-state index in [-0.39, 0.29) is 7.43 Å². The number of aromatic nitrogens is 1. The molecule has 0 fully saturated rings. The van der Waals surface area contributed by atoms with Gasteiger partial charge in [0.1, 0.15) is 0 Å². The lowest BCUT2D eigenvalue weighted by Crippen LogP contribution is -1.94. The molecule has 1 heterocycles. The Hall–Kier alpha value is -1.77. The molecule has 0 radical (unpaired) electrons. The first-order valence-electron chi connectivity index (χ1n) is 3.58. The van der Waals surface area contributed by atoms with Gasteiger partial charge in [-0.15, -0.1) is 0 Å². The van der Waals surface area contributed by atoms with Crippen LogP contribution >= 0.6 is 0 Å². The smallest absolute Gasteiger partial charge is 0.335 e. The fourth-order valence-corrected chi connectivity index (χ4v) is 1.18. The molecule has 3 heteroatoms. The van der Waals surface area contributed by atoms with Crippen LogP contribution in [0.25, 0.3) is 10.9 Å². The minimum atomic E-state index is -0.897. The third-order valence-electron chi connectivity index (χ3n) is 1.80. The summed E-state index contributed by atoms with van der Waals surface area (Å²) in [5.74, 6) is -0.897. The lowest BCUT2D eigenvalue weighted by Gasteiger charge is -1.93. The van der Waals surface area contributed by atoms with E-state index in [2.05, 4.69) is 4.98 Å². The number of carboxylic acids is 1. The summed E-state index contributed by atoms with van der Waals surface area (Å²) in [4.78, 5) is 13.5. The summed E-state index contributed by atoms with van der Waals surface area (Å²) in [6.45, 7) is 0. The van der Waals surface area contributed by atoms with Gasteiger partial charge in [0.15, 0.2) is 0 Å². The molecular formula is C10H11NO2. The van der Waals surface area contributed by atoms with Gasteiger partial charge in [-0.2, -0.15) is 0 Å². The van der Waals surface area contributed by atoms with Crippen LogP contribution in [0.2, 0.25) is 0 Å². The van der Waals surface area contributed by atoms with Crippen LogP contribution in [0.4, 0.5) is 0 Å². The zero-order valence-corrected chi connectivity index (χ0v) is 6.24. The Morgan fingerprint density at radius 2 is 2.08 bits per heavy atom. The molecule has 1 aromatic carbocycles. The second-order valence-electron chi connectivity index (χ2n) is 2.58. The molecule has 0 atom stereocenters. The maximum atomic E-state index is 10.6. The highest BCUT2D eigenvalue weighted by Gasteiger charge is 2.02. The lowest BCUT2D eigenvalue weighted by molar-refractivity contribution is 0.0697. The number of benzene rings is 1. The van der Waals surface area contributed by atoms with Crippen molar-refractivity contribution in [3.05, 3.63) is 36.0 Å². The van der Waals surface area contributed by atoms with E-state index in [1.807, 2.05) is 6.07 Å². The van der Waals surface area contributed by atoms with Crippen LogP contribution in [0.5, 0.6) is 0 Å². The van der Waals surface area contributed by atoms with Crippen LogP contribution in [0.15, 0.2) is 30.5 Å². The van der Waals surface area contributed by atoms with Gasteiger partial charge in [-0.05, 0) is 23.6 Å². The lowest BCUT2D eigenvalue weighted by atomic mass is 10.2. The molecule has 3 nitrogen and oxygen atoms in total. The number of carboxylic acid groups (broad SMARTS) is 1. The highest BCUT2D eigenvalue weighted by Crippen LogP contribution is 2.13. The zero-order valence-electron chi connectivity index (χ0n) is 6.24. The van der Waals surface area contributed by atoms with Gasteiger partial charge >= 0.3 is 5.97 Å². The second-order valence-corrected chi connectivity index (χ2v) is 2.58. The minimum Gasteiger partial charge on any atom is -0.478 e. The number of nitrogens with one attached hydrogen (secondary N) is 1. The Balaban J connectivity index is 0.000000845. The first-order valence-corrected chi connectivity index (χ1v) is 3.58. The summed E-state index contributed by atoms with van der Waals surface area (Å²) < 4.78 is 0. The summed E-state index contributed by atoms with van der Waals surface area (Å²) in [7, 11) is 0. The molecule has 2 aromatic rings. The van der Waals surface area contributed by atoms with Crippen molar-refractivity contribution in [3.63, 3.8) is 0 Å². The Morgan fingerprint density at radius 3 is 2.77 bits per heavy atom. The van der Waals surface area contributed by atoms with E-state index in [4.69, 9.17) is 5.11 Å². The van der Waals surface area contributed by atoms with Gasteiger partial charge in [0.2, 0.25) is 0 Å². The number of H-pyrrole nitrogens is 1. The molecule has 0 bridgehead atoms. The van der Waals surface area contributed by atoms with Crippen molar-refractivity contribution in [1.82, 2.24) is 4.98 Å². The van der Waals surface area contributed by atoms with Crippen LogP contribution in [0.1, 0.15) is 17.8 Å². The van der Waals surface area contributed by atoms with E-state index in [0.717, 1.165) is 10.9 Å². The molecule has 0 aliphatic rings. The molecule has 2 N–H and O–H groups in total. The van der Waals surface area contributed by atoms with Crippen molar-refractivity contribution in [1.29, 1.82) is 0 Å². The average Bonchev–Trinajstić information content (AvgIpc) is 2.49. The Morgan fingerprint density at radius 1 is 1.31 bits per heavy atom. The zero-order chi connectivity index (χ0) is 8.55. The molecule has 1 aromatic heterocycles. The maximum absolute atomic E-state index is 10.6. The van der Waals surface area contributed by atoms with Crippen molar-refractivity contribution in [2.24, 2.45) is 0 Å². The molecule has 0 aliphatic heterocycles. The van der Waals surface area contributed by atoms with Crippen LogP contribution in [0.3, 0.4) is 0 Å². The Kier molecular flexibility index (Phi) is 2.37. The molecule has 0 spiro atoms. The number of hydrogen-bond acceptors (Lipinski definition) is 1. The molecule has 2 rings (SSSR count). The maximum Gasteiger partial charge on any atom is 0.335 e. The largest absolute Gasteiger partial charge is 0.478 e. The van der Waals surface area contributed by atoms with Gasteiger partial charge < -0.3 is 10.1 Å². The summed E-state index contributed by atoms with van der Waals surface area (Å²) in [5, 5.41) is 9.70. The summed E-state index contributed by atoms with van der Waals surface area (Å²) in [6, 6.07) is 6.91. The number of rotatable bonds is 1. The molecule has 0 amide bonds. The Bertz CT molecular complexity index is 431. The standard InChI is InChI=1S/C9H7NO2.CH4/c11-9(12)7-2-1-6-3-4-10-8(6)5-7;/h1-5,10H,(H,11,12);1H4. The van der Waals surface area contributed by atoms with Crippen LogP contribution in [-0.2, 0) is 0 Å². The summed E-state index contributed by atoms with van der Waals surface area (Å²) in [5.41, 5.74) is 1.17. The molecule has 13 heavy (non-hydrogen) atoms. The van der Waals surface area contributed by atoms with E-state index in [0.29, 0.717) is 5.56 Å². The number of carbonyl (C=O) groups is 1. The van der Waals surface area contributed by atoms with Gasteiger partial charge in [0, 0.05) is 11.7 Å². The average molecular weight is 177 g/mol. The highest BCUT2D eigenvalue weighted by molar-refractivity contribution is 5.93. The van der Waals surface area contributed by atoms with Crippen LogP contribution in [-0.4, -0.2) is 16.1 Å². The van der Waals surface area contributed by atoms with E-state index < -0.39 is 5.97 Å². The third-order valence-corrected chi connectivity index (χ3v) is 1.80. The Labute approximate surface area is 76.0 Å². The van der Waals surface area contributed by atoms with Crippen LogP contribution in [0, 0.1) is 0 Å². The summed E-state index contributed by atoms with van der Waals surface area (Å²) in [6.07, 6.45) is 1.79. The van der Waals surface area contributed by atoms with Gasteiger partial charge in [-0.25, -0.2) is 4.79 Å². The number of aromatic carboxylic acids is 1. The molecule has 68 valence electrons. The van der Waals surface area contributed by atoms with Gasteiger partial charge in [0.05, 0.1) is 5.56 Å². The van der Waals surface area contributed by atoms with Gasteiger partial charge in [-0.3, -0.25) is 0 Å². The second kappa shape index (κ2) is 3.31. The topological polar surface area (TPSA) is 53.1 Å².